The second-order valence-electron chi connectivity index (χ2n) is 17.3. The van der Waals surface area contributed by atoms with Gasteiger partial charge in [-0.1, -0.05) is 68.2 Å². The second kappa shape index (κ2) is 16.9. The fraction of sp³-hybridized carbons (Fsp3) is 0.698. The summed E-state index contributed by atoms with van der Waals surface area (Å²) in [6.07, 6.45) is 7.24. The molecule has 2 fully saturated rings. The van der Waals surface area contributed by atoms with Gasteiger partial charge in [0, 0.05) is 37.0 Å². The first-order valence-electron chi connectivity index (χ1n) is 19.6. The van der Waals surface area contributed by atoms with Gasteiger partial charge in [-0.15, -0.1) is 0 Å². The van der Waals surface area contributed by atoms with Crippen LogP contribution in [-0.4, -0.2) is 70.2 Å². The van der Waals surface area contributed by atoms with Gasteiger partial charge >= 0.3 is 0 Å². The summed E-state index contributed by atoms with van der Waals surface area (Å²) in [5, 5.41) is 3.76. The van der Waals surface area contributed by atoms with Gasteiger partial charge in [0.05, 0.1) is 20.8 Å². The van der Waals surface area contributed by atoms with E-state index in [1.807, 2.05) is 0 Å². The van der Waals surface area contributed by atoms with E-state index in [2.05, 4.69) is 89.9 Å². The first kappa shape index (κ1) is 40.0. The molecule has 9 nitrogen and oxygen atoms in total. The van der Waals surface area contributed by atoms with Gasteiger partial charge in [-0.05, 0) is 90.7 Å². The van der Waals surface area contributed by atoms with Gasteiger partial charge in [0.25, 0.3) is 0 Å². The lowest BCUT2D eigenvalue weighted by Gasteiger charge is -2.34. The average molecular weight is 723 g/mol. The molecule has 52 heavy (non-hydrogen) atoms. The normalized spacial score (nSPS) is 25.2. The van der Waals surface area contributed by atoms with Crippen LogP contribution in [-0.2, 0) is 4.79 Å². The maximum atomic E-state index is 11.9. The van der Waals surface area contributed by atoms with Crippen molar-refractivity contribution in [1.82, 2.24) is 10.2 Å². The van der Waals surface area contributed by atoms with Crippen LogP contribution in [0.5, 0.6) is 34.5 Å². The van der Waals surface area contributed by atoms with Crippen molar-refractivity contribution >= 4 is 5.78 Å². The lowest BCUT2D eigenvalue weighted by atomic mass is 9.76. The number of hydrogen-bond donors (Lipinski definition) is 1. The Bertz CT molecular complexity index is 1520. The van der Waals surface area contributed by atoms with Gasteiger partial charge in [0.15, 0.2) is 23.0 Å². The van der Waals surface area contributed by atoms with Crippen molar-refractivity contribution < 1.29 is 33.2 Å². The zero-order chi connectivity index (χ0) is 37.8. The van der Waals surface area contributed by atoms with Gasteiger partial charge in [0.2, 0.25) is 25.1 Å². The highest BCUT2D eigenvalue weighted by molar-refractivity contribution is 5.77. The van der Waals surface area contributed by atoms with E-state index in [9.17, 15) is 4.79 Å². The van der Waals surface area contributed by atoms with Crippen LogP contribution in [0.15, 0.2) is 24.3 Å². The van der Waals surface area contributed by atoms with Gasteiger partial charge in [-0.25, -0.2) is 0 Å². The second-order valence-corrected chi connectivity index (χ2v) is 17.3. The molecule has 0 amide bonds. The number of nitrogens with zero attached hydrogens (tertiary/aromatic N) is 1. The van der Waals surface area contributed by atoms with Crippen LogP contribution in [0.1, 0.15) is 124 Å². The van der Waals surface area contributed by atoms with Crippen LogP contribution >= 0.6 is 0 Å². The zero-order valence-electron chi connectivity index (χ0n) is 33.9. The molecule has 0 aliphatic carbocycles. The Hall–Kier alpha value is -3.17. The fourth-order valence-corrected chi connectivity index (χ4v) is 9.40. The fourth-order valence-electron chi connectivity index (χ4n) is 9.40. The molecule has 0 spiro atoms. The molecule has 2 saturated heterocycles. The van der Waals surface area contributed by atoms with Crippen LogP contribution in [0, 0.1) is 22.7 Å². The largest absolute Gasteiger partial charge is 0.493 e. The van der Waals surface area contributed by atoms with Crippen LogP contribution < -0.4 is 33.7 Å². The summed E-state index contributed by atoms with van der Waals surface area (Å²) < 4.78 is 33.4. The molecule has 0 aromatic heterocycles. The third-order valence-corrected chi connectivity index (χ3v) is 12.0. The average Bonchev–Trinajstić information content (AvgIpc) is 3.88. The summed E-state index contributed by atoms with van der Waals surface area (Å²) in [4.78, 5) is 14.3. The van der Waals surface area contributed by atoms with E-state index in [1.54, 1.807) is 21.1 Å². The Morgan fingerprint density at radius 2 is 1.31 bits per heavy atom. The Labute approximate surface area is 313 Å². The predicted octanol–water partition coefficient (Wildman–Crippen LogP) is 8.97. The summed E-state index contributed by atoms with van der Waals surface area (Å²) in [5.74, 6) is 6.59. The zero-order valence-corrected chi connectivity index (χ0v) is 33.9. The molecule has 0 radical (unpaired) electrons. The van der Waals surface area contributed by atoms with Crippen molar-refractivity contribution in [3.05, 3.63) is 35.4 Å². The number of fused-ring (bicyclic) bond motifs is 2. The van der Waals surface area contributed by atoms with Crippen molar-refractivity contribution in [2.75, 3.05) is 47.4 Å². The molecule has 0 saturated carbocycles. The number of carbonyl (C=O) groups is 1. The summed E-state index contributed by atoms with van der Waals surface area (Å²) in [6, 6.07) is 9.39. The number of rotatable bonds is 14. The minimum Gasteiger partial charge on any atom is -0.493 e. The van der Waals surface area contributed by atoms with Gasteiger partial charge in [0.1, 0.15) is 5.78 Å². The number of ketones is 1. The molecule has 2 unspecified atom stereocenters. The molecule has 2 aromatic carbocycles. The molecule has 4 heterocycles. The minimum atomic E-state index is 0.231. The maximum absolute atomic E-state index is 11.9. The summed E-state index contributed by atoms with van der Waals surface area (Å²) in [6.45, 7) is 23.3. The number of Topliss-reactive ketones (excluding diaryl/α,β-unsaturated/α-hetero) is 1. The van der Waals surface area contributed by atoms with Gasteiger partial charge in [-0.2, -0.15) is 0 Å². The first-order chi connectivity index (χ1) is 24.7. The molecule has 290 valence electrons. The summed E-state index contributed by atoms with van der Waals surface area (Å²) >= 11 is 0. The summed E-state index contributed by atoms with van der Waals surface area (Å²) in [7, 11) is 3.35. The molecule has 6 atom stereocenters. The number of carbonyl (C=O) groups excluding carboxylic acids is 1. The third-order valence-electron chi connectivity index (χ3n) is 12.0. The number of nitrogens with one attached hydrogen (secondary N) is 1. The number of likely N-dealkylation sites (tertiary alicyclic amines) is 1. The van der Waals surface area contributed by atoms with E-state index >= 15 is 0 Å². The standard InChI is InChI=1S/C23H35NO4.C20H31NO3/c1-7-8-23(4,5)11-19-16(3)18(13-24(19)12-15(2)25)17-9-20(26-6)22-21(10-17)27-14-28-22;1-6-7-20(3,4)10-16-13(2)15(11-21-16)14-8-17(22-5)19-18(9-14)23-12-24-19/h9-10,16,18-19H,7-8,11-14H2,1-6H3;8-9,13,15-16,21H,6-7,10-12H2,1-5H3/t16?,18-,19-;13?,15-,16-/m00/s1. The molecule has 6 rings (SSSR count). The highest BCUT2D eigenvalue weighted by atomic mass is 16.7. The number of hydrogen-bond acceptors (Lipinski definition) is 9. The van der Waals surface area contributed by atoms with Crippen LogP contribution in [0.2, 0.25) is 0 Å². The van der Waals surface area contributed by atoms with E-state index in [1.165, 1.54) is 43.2 Å². The SMILES string of the molecule is CCCC(C)(C)C[C@@H]1NC[C@H](c2cc(OC)c3c(c2)OCO3)C1C.CCCC(C)(C)C[C@H]1C(C)[C@@H](c2cc(OC)c3c(c2)OCO3)CN1CC(C)=O. The van der Waals surface area contributed by atoms with E-state index in [0.717, 1.165) is 48.3 Å². The Morgan fingerprint density at radius 1 is 0.788 bits per heavy atom. The van der Waals surface area contributed by atoms with Gasteiger partial charge < -0.3 is 33.7 Å². The molecule has 9 heteroatoms. The van der Waals surface area contributed by atoms with E-state index in [-0.39, 0.29) is 24.8 Å². The molecule has 4 aliphatic heterocycles. The lowest BCUT2D eigenvalue weighted by molar-refractivity contribution is -0.118. The maximum Gasteiger partial charge on any atom is 0.231 e. The van der Waals surface area contributed by atoms with E-state index in [4.69, 9.17) is 28.4 Å². The molecule has 4 aliphatic rings. The van der Waals surface area contributed by atoms with E-state index in [0.29, 0.717) is 53.5 Å². The molecular formula is C43H66N2O7. The van der Waals surface area contributed by atoms with Crippen LogP contribution in [0.25, 0.3) is 0 Å². The Kier molecular flexibility index (Phi) is 13.0. The number of methoxy groups -OCH3 is 2. The quantitative estimate of drug-likeness (QED) is 0.205. The number of ether oxygens (including phenoxy) is 6. The summed E-state index contributed by atoms with van der Waals surface area (Å²) in [5.41, 5.74) is 3.15. The lowest BCUT2D eigenvalue weighted by Crippen LogP contribution is -2.38. The monoisotopic (exact) mass is 722 g/mol. The molecule has 1 N–H and O–H groups in total. The Morgan fingerprint density at radius 3 is 1.81 bits per heavy atom. The highest BCUT2D eigenvalue weighted by Gasteiger charge is 2.43. The van der Waals surface area contributed by atoms with Crippen molar-refractivity contribution in [2.24, 2.45) is 22.7 Å². The van der Waals surface area contributed by atoms with Crippen molar-refractivity contribution in [3.8, 4) is 34.5 Å². The first-order valence-corrected chi connectivity index (χ1v) is 19.6. The highest BCUT2D eigenvalue weighted by Crippen LogP contribution is 2.49. The molecular weight excluding hydrogens is 656 g/mol. The van der Waals surface area contributed by atoms with Gasteiger partial charge in [-0.3, -0.25) is 9.69 Å². The van der Waals surface area contributed by atoms with Crippen LogP contribution in [0.4, 0.5) is 0 Å². The van der Waals surface area contributed by atoms with Crippen LogP contribution in [0.3, 0.4) is 0 Å². The molecule has 2 aromatic rings. The minimum absolute atomic E-state index is 0.231. The topological polar surface area (TPSA) is 87.7 Å². The van der Waals surface area contributed by atoms with Crippen molar-refractivity contribution in [3.63, 3.8) is 0 Å². The van der Waals surface area contributed by atoms with Crippen molar-refractivity contribution in [2.45, 2.75) is 125 Å². The third kappa shape index (κ3) is 9.12. The smallest absolute Gasteiger partial charge is 0.231 e. The Balaban J connectivity index is 0.000000203. The van der Waals surface area contributed by atoms with E-state index < -0.39 is 0 Å². The predicted molar refractivity (Wildman–Crippen MR) is 206 cm³/mol. The molecule has 0 bridgehead atoms. The van der Waals surface area contributed by atoms with Crippen molar-refractivity contribution in [1.29, 1.82) is 0 Å². The number of benzene rings is 2.